The van der Waals surface area contributed by atoms with Crippen LogP contribution in [0.5, 0.6) is 0 Å². The molecule has 0 N–H and O–H groups in total. The molecule has 0 fully saturated rings. The van der Waals surface area contributed by atoms with Gasteiger partial charge in [0.1, 0.15) is 11.8 Å². The lowest BCUT2D eigenvalue weighted by Gasteiger charge is -2.21. The smallest absolute Gasteiger partial charge is 0.137 e. The van der Waals surface area contributed by atoms with E-state index in [1.807, 2.05) is 0 Å². The van der Waals surface area contributed by atoms with Gasteiger partial charge in [-0.2, -0.15) is 0 Å². The Balaban J connectivity index is 2.16. The molecule has 0 amide bonds. The first-order valence-electron chi connectivity index (χ1n) is 4.78. The minimum absolute atomic E-state index is 0.752. The van der Waals surface area contributed by atoms with Crippen molar-refractivity contribution >= 4 is 0 Å². The highest BCUT2D eigenvalue weighted by Gasteiger charge is 2.34. The van der Waals surface area contributed by atoms with Crippen LogP contribution in [0.3, 0.4) is 0 Å². The van der Waals surface area contributed by atoms with E-state index >= 15 is 0 Å². The molecule has 1 aromatic rings. The summed E-state index contributed by atoms with van der Waals surface area (Å²) in [5.41, 5.74) is 0. The maximum absolute atomic E-state index is 4.15. The molecule has 12 heavy (non-hydrogen) atoms. The van der Waals surface area contributed by atoms with Crippen LogP contribution in [-0.4, -0.2) is 15.1 Å². The molecule has 0 saturated carbocycles. The number of nitrogens with zero attached hydrogens (tertiary/aromatic N) is 4. The van der Waals surface area contributed by atoms with Gasteiger partial charge in [0.2, 0.25) is 0 Å². The van der Waals surface area contributed by atoms with Crippen LogP contribution in [-0.2, 0) is 13.1 Å². The standard InChI is InChI=1S/C8H13N4/c1-3-7-4-2-6-12-8(7)11(5-1)9-10-12/h7H,1-6H2/q+1. The molecule has 0 radical (unpaired) electrons. The summed E-state index contributed by atoms with van der Waals surface area (Å²) in [6.45, 7) is 2.15. The number of tetrazole rings is 1. The summed E-state index contributed by atoms with van der Waals surface area (Å²) in [5, 5.41) is 8.30. The van der Waals surface area contributed by atoms with Crippen molar-refractivity contribution in [3.8, 4) is 0 Å². The lowest BCUT2D eigenvalue weighted by atomic mass is 9.92. The van der Waals surface area contributed by atoms with Crippen molar-refractivity contribution in [2.45, 2.75) is 44.7 Å². The quantitative estimate of drug-likeness (QED) is 0.516. The van der Waals surface area contributed by atoms with Crippen LogP contribution in [0.1, 0.15) is 37.4 Å². The average molecular weight is 165 g/mol. The summed E-state index contributed by atoms with van der Waals surface area (Å²) >= 11 is 0. The second-order valence-electron chi connectivity index (χ2n) is 3.76. The monoisotopic (exact) mass is 165 g/mol. The Bertz CT molecular complexity index is 277. The van der Waals surface area contributed by atoms with Gasteiger partial charge in [0.15, 0.2) is 5.21 Å². The summed E-state index contributed by atoms with van der Waals surface area (Å²) in [6, 6.07) is 0. The van der Waals surface area contributed by atoms with Crippen molar-refractivity contribution in [3.05, 3.63) is 5.82 Å². The van der Waals surface area contributed by atoms with E-state index in [1.165, 1.54) is 31.5 Å². The average Bonchev–Trinajstić information content (AvgIpc) is 2.52. The van der Waals surface area contributed by atoms with Crippen LogP contribution in [0, 0.1) is 0 Å². The van der Waals surface area contributed by atoms with Crippen molar-refractivity contribution in [2.75, 3.05) is 0 Å². The molecule has 4 nitrogen and oxygen atoms in total. The lowest BCUT2D eigenvalue weighted by molar-refractivity contribution is -0.767. The van der Waals surface area contributed by atoms with E-state index in [2.05, 4.69) is 19.8 Å². The number of hydrogen-bond acceptors (Lipinski definition) is 2. The van der Waals surface area contributed by atoms with Crippen molar-refractivity contribution < 1.29 is 4.68 Å². The zero-order chi connectivity index (χ0) is 7.97. The highest BCUT2D eigenvalue weighted by atomic mass is 15.6. The molecule has 1 aromatic heterocycles. The molecule has 0 unspecified atom stereocenters. The van der Waals surface area contributed by atoms with E-state index in [0.29, 0.717) is 0 Å². The number of rotatable bonds is 0. The molecular formula is C8H13N4+. The molecule has 3 heterocycles. The van der Waals surface area contributed by atoms with Crippen LogP contribution in [0.25, 0.3) is 0 Å². The fraction of sp³-hybridized carbons (Fsp3) is 0.875. The van der Waals surface area contributed by atoms with Gasteiger partial charge in [-0.1, -0.05) is 4.68 Å². The third-order valence-corrected chi connectivity index (χ3v) is 2.99. The Hall–Kier alpha value is -0.930. The Kier molecular flexibility index (Phi) is 1.25. The second-order valence-corrected chi connectivity index (χ2v) is 3.76. The van der Waals surface area contributed by atoms with Gasteiger partial charge in [0.05, 0.1) is 12.5 Å². The number of aryl methyl sites for hydroxylation is 2. The molecule has 0 atom stereocenters. The molecule has 2 aliphatic heterocycles. The predicted molar refractivity (Wildman–Crippen MR) is 41.4 cm³/mol. The van der Waals surface area contributed by atoms with Crippen LogP contribution >= 0.6 is 0 Å². The van der Waals surface area contributed by atoms with Gasteiger partial charge in [-0.25, -0.2) is 0 Å². The Morgan fingerprint density at radius 2 is 2.25 bits per heavy atom. The largest absolute Gasteiger partial charge is 0.260 e. The van der Waals surface area contributed by atoms with Crippen molar-refractivity contribution in [1.82, 2.24) is 15.1 Å². The third kappa shape index (κ3) is 0.750. The maximum atomic E-state index is 4.15. The molecule has 64 valence electrons. The van der Waals surface area contributed by atoms with Gasteiger partial charge < -0.3 is 0 Å². The highest BCUT2D eigenvalue weighted by molar-refractivity contribution is 4.92. The third-order valence-electron chi connectivity index (χ3n) is 2.99. The summed E-state index contributed by atoms with van der Waals surface area (Å²) in [5.74, 6) is 2.13. The Morgan fingerprint density at radius 3 is 3.25 bits per heavy atom. The summed E-state index contributed by atoms with van der Waals surface area (Å²) in [7, 11) is 0. The Labute approximate surface area is 71.2 Å². The molecule has 3 rings (SSSR count). The van der Waals surface area contributed by atoms with Crippen LogP contribution in [0.2, 0.25) is 0 Å². The van der Waals surface area contributed by atoms with E-state index in [4.69, 9.17) is 0 Å². The summed E-state index contributed by atoms with van der Waals surface area (Å²) in [4.78, 5) is 0. The lowest BCUT2D eigenvalue weighted by Crippen LogP contribution is -2.45. The van der Waals surface area contributed by atoms with Crippen LogP contribution in [0.15, 0.2) is 0 Å². The molecule has 0 aromatic carbocycles. The van der Waals surface area contributed by atoms with Gasteiger partial charge in [0.25, 0.3) is 5.82 Å². The van der Waals surface area contributed by atoms with E-state index < -0.39 is 0 Å². The predicted octanol–water partition coefficient (Wildman–Crippen LogP) is 0.237. The van der Waals surface area contributed by atoms with E-state index in [0.717, 1.165) is 19.0 Å². The van der Waals surface area contributed by atoms with Gasteiger partial charge in [-0.3, -0.25) is 0 Å². The fourth-order valence-corrected chi connectivity index (χ4v) is 2.44. The van der Waals surface area contributed by atoms with Crippen molar-refractivity contribution in [1.29, 1.82) is 0 Å². The van der Waals surface area contributed by atoms with Gasteiger partial charge >= 0.3 is 0 Å². The van der Waals surface area contributed by atoms with Gasteiger partial charge in [-0.15, -0.1) is 4.68 Å². The molecular weight excluding hydrogens is 152 g/mol. The maximum Gasteiger partial charge on any atom is 0.260 e. The van der Waals surface area contributed by atoms with Crippen molar-refractivity contribution in [3.63, 3.8) is 0 Å². The number of hydrogen-bond donors (Lipinski definition) is 0. The number of aromatic nitrogens is 4. The van der Waals surface area contributed by atoms with Crippen molar-refractivity contribution in [2.24, 2.45) is 0 Å². The van der Waals surface area contributed by atoms with Gasteiger partial charge in [0, 0.05) is 0 Å². The minimum Gasteiger partial charge on any atom is -0.137 e. The topological polar surface area (TPSA) is 34.6 Å². The molecule has 0 spiro atoms. The molecule has 0 aliphatic carbocycles. The van der Waals surface area contributed by atoms with Gasteiger partial charge in [-0.05, 0) is 25.7 Å². The first-order valence-corrected chi connectivity index (χ1v) is 4.78. The SMILES string of the molecule is C1CC2CCC[n+]3nnn(c32)C1. The first-order chi connectivity index (χ1) is 5.95. The zero-order valence-corrected chi connectivity index (χ0v) is 7.11. The minimum atomic E-state index is 0.752. The Morgan fingerprint density at radius 1 is 1.33 bits per heavy atom. The molecule has 0 saturated heterocycles. The summed E-state index contributed by atoms with van der Waals surface area (Å²) in [6.07, 6.45) is 5.24. The molecule has 4 heteroatoms. The van der Waals surface area contributed by atoms with E-state index in [-0.39, 0.29) is 0 Å². The fourth-order valence-electron chi connectivity index (χ4n) is 2.44. The normalized spacial score (nSPS) is 26.8. The molecule has 2 aliphatic rings. The molecule has 0 bridgehead atoms. The highest BCUT2D eigenvalue weighted by Crippen LogP contribution is 2.29. The zero-order valence-electron chi connectivity index (χ0n) is 7.11. The van der Waals surface area contributed by atoms with E-state index in [1.54, 1.807) is 0 Å². The van der Waals surface area contributed by atoms with Crippen LogP contribution in [0.4, 0.5) is 0 Å². The van der Waals surface area contributed by atoms with Crippen LogP contribution < -0.4 is 4.68 Å². The van der Waals surface area contributed by atoms with E-state index in [9.17, 15) is 0 Å². The summed E-state index contributed by atoms with van der Waals surface area (Å²) < 4.78 is 4.18. The first kappa shape index (κ1) is 6.57. The second kappa shape index (κ2) is 2.28.